The van der Waals surface area contributed by atoms with E-state index >= 15 is 0 Å². The molecule has 2 N–H and O–H groups in total. The Balaban J connectivity index is 0.00000120. The SMILES string of the molecule is Cl.N[C@@H]1CCCN(Cc2ccc3c(c2)CCC3)C1. The van der Waals surface area contributed by atoms with Crippen LogP contribution < -0.4 is 5.73 Å². The zero-order valence-electron chi connectivity index (χ0n) is 10.9. The Hall–Kier alpha value is -0.570. The number of rotatable bonds is 2. The summed E-state index contributed by atoms with van der Waals surface area (Å²) in [6.07, 6.45) is 6.35. The Morgan fingerprint density at radius 2 is 2.00 bits per heavy atom. The van der Waals surface area contributed by atoms with Gasteiger partial charge in [-0.05, 0) is 55.3 Å². The number of nitrogens with two attached hydrogens (primary N) is 1. The van der Waals surface area contributed by atoms with Gasteiger partial charge in [0.05, 0.1) is 0 Å². The predicted molar refractivity (Wildman–Crippen MR) is 78.2 cm³/mol. The first-order valence-corrected chi connectivity index (χ1v) is 6.90. The molecule has 0 amide bonds. The van der Waals surface area contributed by atoms with Crippen molar-refractivity contribution >= 4 is 12.4 Å². The average molecular weight is 267 g/mol. The van der Waals surface area contributed by atoms with Crippen molar-refractivity contribution in [3.8, 4) is 0 Å². The highest BCUT2D eigenvalue weighted by Gasteiger charge is 2.17. The summed E-state index contributed by atoms with van der Waals surface area (Å²) in [4.78, 5) is 2.50. The molecule has 1 aromatic rings. The third-order valence-corrected chi connectivity index (χ3v) is 4.11. The highest BCUT2D eigenvalue weighted by atomic mass is 35.5. The van der Waals surface area contributed by atoms with Crippen LogP contribution in [0, 0.1) is 0 Å². The van der Waals surface area contributed by atoms with Gasteiger partial charge in [0.1, 0.15) is 0 Å². The molecule has 0 saturated carbocycles. The zero-order chi connectivity index (χ0) is 11.7. The molecule has 0 spiro atoms. The van der Waals surface area contributed by atoms with Crippen LogP contribution in [-0.4, -0.2) is 24.0 Å². The second kappa shape index (κ2) is 6.05. The Morgan fingerprint density at radius 1 is 1.17 bits per heavy atom. The molecule has 1 saturated heterocycles. The molecule has 18 heavy (non-hydrogen) atoms. The number of hydrogen-bond donors (Lipinski definition) is 1. The van der Waals surface area contributed by atoms with Gasteiger partial charge in [-0.2, -0.15) is 0 Å². The minimum Gasteiger partial charge on any atom is -0.327 e. The number of fused-ring (bicyclic) bond motifs is 1. The van der Waals surface area contributed by atoms with Gasteiger partial charge in [0.25, 0.3) is 0 Å². The molecule has 1 aliphatic carbocycles. The molecule has 2 nitrogen and oxygen atoms in total. The average Bonchev–Trinajstić information content (AvgIpc) is 2.76. The first kappa shape index (κ1) is 13.9. The predicted octanol–water partition coefficient (Wildman–Crippen LogP) is 2.52. The zero-order valence-corrected chi connectivity index (χ0v) is 11.7. The number of benzene rings is 1. The second-order valence-electron chi connectivity index (χ2n) is 5.59. The molecular weight excluding hydrogens is 244 g/mol. The van der Waals surface area contributed by atoms with Crippen LogP contribution in [-0.2, 0) is 19.4 Å². The van der Waals surface area contributed by atoms with E-state index in [1.807, 2.05) is 0 Å². The highest BCUT2D eigenvalue weighted by molar-refractivity contribution is 5.85. The van der Waals surface area contributed by atoms with Gasteiger partial charge in [0.15, 0.2) is 0 Å². The van der Waals surface area contributed by atoms with E-state index in [4.69, 9.17) is 5.73 Å². The van der Waals surface area contributed by atoms with Gasteiger partial charge in [0, 0.05) is 19.1 Å². The molecule has 0 bridgehead atoms. The van der Waals surface area contributed by atoms with Crippen molar-refractivity contribution in [2.45, 2.75) is 44.7 Å². The summed E-state index contributed by atoms with van der Waals surface area (Å²) >= 11 is 0. The molecule has 3 heteroatoms. The summed E-state index contributed by atoms with van der Waals surface area (Å²) in [5.41, 5.74) is 10.7. The summed E-state index contributed by atoms with van der Waals surface area (Å²) in [6.45, 7) is 3.36. The molecule has 1 aromatic carbocycles. The van der Waals surface area contributed by atoms with Crippen LogP contribution in [0.2, 0.25) is 0 Å². The summed E-state index contributed by atoms with van der Waals surface area (Å²) in [5, 5.41) is 0. The lowest BCUT2D eigenvalue weighted by Crippen LogP contribution is -2.42. The van der Waals surface area contributed by atoms with Crippen molar-refractivity contribution in [1.82, 2.24) is 4.90 Å². The van der Waals surface area contributed by atoms with Crippen LogP contribution in [0.1, 0.15) is 36.0 Å². The van der Waals surface area contributed by atoms with E-state index in [0.29, 0.717) is 6.04 Å². The Kier molecular flexibility index (Phi) is 4.66. The van der Waals surface area contributed by atoms with Crippen molar-refractivity contribution in [2.75, 3.05) is 13.1 Å². The molecule has 0 radical (unpaired) electrons. The quantitative estimate of drug-likeness (QED) is 0.891. The molecule has 0 aromatic heterocycles. The number of likely N-dealkylation sites (tertiary alicyclic amines) is 1. The fourth-order valence-corrected chi connectivity index (χ4v) is 3.22. The van der Waals surface area contributed by atoms with Crippen molar-refractivity contribution in [2.24, 2.45) is 5.73 Å². The van der Waals surface area contributed by atoms with Crippen molar-refractivity contribution in [3.05, 3.63) is 34.9 Å². The largest absolute Gasteiger partial charge is 0.327 e. The summed E-state index contributed by atoms with van der Waals surface area (Å²) in [6, 6.07) is 7.45. The maximum Gasteiger partial charge on any atom is 0.0234 e. The van der Waals surface area contributed by atoms with Crippen LogP contribution in [0.5, 0.6) is 0 Å². The van der Waals surface area contributed by atoms with Crippen LogP contribution in [0.3, 0.4) is 0 Å². The van der Waals surface area contributed by atoms with Gasteiger partial charge in [-0.1, -0.05) is 18.2 Å². The van der Waals surface area contributed by atoms with Gasteiger partial charge in [-0.15, -0.1) is 12.4 Å². The van der Waals surface area contributed by atoms with Crippen LogP contribution in [0.25, 0.3) is 0 Å². The number of aryl methyl sites for hydroxylation is 2. The summed E-state index contributed by atoms with van der Waals surface area (Å²) in [7, 11) is 0. The smallest absolute Gasteiger partial charge is 0.0234 e. The van der Waals surface area contributed by atoms with E-state index in [1.165, 1.54) is 44.2 Å². The van der Waals surface area contributed by atoms with Gasteiger partial charge >= 0.3 is 0 Å². The molecule has 3 rings (SSSR count). The normalized spacial score (nSPS) is 23.5. The van der Waals surface area contributed by atoms with Crippen LogP contribution in [0.15, 0.2) is 18.2 Å². The van der Waals surface area contributed by atoms with E-state index in [9.17, 15) is 0 Å². The number of nitrogens with zero attached hydrogens (tertiary/aromatic N) is 1. The minimum atomic E-state index is 0. The van der Waals surface area contributed by atoms with E-state index in [-0.39, 0.29) is 12.4 Å². The molecule has 1 fully saturated rings. The van der Waals surface area contributed by atoms with Gasteiger partial charge in [-0.3, -0.25) is 4.90 Å². The third-order valence-electron chi connectivity index (χ3n) is 4.11. The standard InChI is InChI=1S/C15H22N2.ClH/c16-15-5-2-8-17(11-15)10-12-6-7-13-3-1-4-14(13)9-12;/h6-7,9,15H,1-5,8,10-11,16H2;1H/t15-;/m1./s1. The van der Waals surface area contributed by atoms with E-state index < -0.39 is 0 Å². The highest BCUT2D eigenvalue weighted by Crippen LogP contribution is 2.23. The maximum atomic E-state index is 6.03. The molecule has 0 unspecified atom stereocenters. The maximum absolute atomic E-state index is 6.03. The molecule has 1 atom stereocenters. The second-order valence-corrected chi connectivity index (χ2v) is 5.59. The summed E-state index contributed by atoms with van der Waals surface area (Å²) in [5.74, 6) is 0. The minimum absolute atomic E-state index is 0. The fourth-order valence-electron chi connectivity index (χ4n) is 3.22. The lowest BCUT2D eigenvalue weighted by Gasteiger charge is -2.30. The van der Waals surface area contributed by atoms with Gasteiger partial charge in [0.2, 0.25) is 0 Å². The topological polar surface area (TPSA) is 29.3 Å². The number of hydrogen-bond acceptors (Lipinski definition) is 2. The molecule has 2 aliphatic rings. The number of halogens is 1. The molecule has 1 heterocycles. The van der Waals surface area contributed by atoms with Gasteiger partial charge in [-0.25, -0.2) is 0 Å². The Labute approximate surface area is 116 Å². The molecule has 1 aliphatic heterocycles. The monoisotopic (exact) mass is 266 g/mol. The van der Waals surface area contributed by atoms with Crippen molar-refractivity contribution in [1.29, 1.82) is 0 Å². The van der Waals surface area contributed by atoms with Crippen LogP contribution in [0.4, 0.5) is 0 Å². The van der Waals surface area contributed by atoms with Gasteiger partial charge < -0.3 is 5.73 Å². The summed E-state index contributed by atoms with van der Waals surface area (Å²) < 4.78 is 0. The fraction of sp³-hybridized carbons (Fsp3) is 0.600. The lowest BCUT2D eigenvalue weighted by molar-refractivity contribution is 0.201. The Morgan fingerprint density at radius 3 is 2.83 bits per heavy atom. The lowest BCUT2D eigenvalue weighted by atomic mass is 10.0. The third kappa shape index (κ3) is 3.05. The first-order valence-electron chi connectivity index (χ1n) is 6.90. The van der Waals surface area contributed by atoms with Crippen molar-refractivity contribution in [3.63, 3.8) is 0 Å². The van der Waals surface area contributed by atoms with Crippen LogP contribution >= 0.6 is 12.4 Å². The Bertz CT molecular complexity index is 405. The first-order chi connectivity index (χ1) is 8.31. The van der Waals surface area contributed by atoms with E-state index in [2.05, 4.69) is 23.1 Å². The van der Waals surface area contributed by atoms with E-state index in [0.717, 1.165) is 13.1 Å². The number of piperidine rings is 1. The van der Waals surface area contributed by atoms with Crippen molar-refractivity contribution < 1.29 is 0 Å². The molecule has 100 valence electrons. The van der Waals surface area contributed by atoms with E-state index in [1.54, 1.807) is 11.1 Å². The molecular formula is C15H23ClN2.